The van der Waals surface area contributed by atoms with Gasteiger partial charge in [0.25, 0.3) is 5.91 Å². The minimum absolute atomic E-state index is 0. The number of rotatable bonds is 8. The fourth-order valence-electron chi connectivity index (χ4n) is 2.37. The Kier molecular flexibility index (Phi) is 12.3. The summed E-state index contributed by atoms with van der Waals surface area (Å²) in [6.07, 6.45) is -0.475. The molecular formula is C21H36IN5O4. The summed E-state index contributed by atoms with van der Waals surface area (Å²) in [5.74, 6) is 1.01. The second-order valence-electron chi connectivity index (χ2n) is 8.35. The zero-order chi connectivity index (χ0) is 22.8. The minimum Gasteiger partial charge on any atom is -0.497 e. The molecule has 176 valence electrons. The number of amides is 2. The molecule has 9 nitrogen and oxygen atoms in total. The van der Waals surface area contributed by atoms with Gasteiger partial charge >= 0.3 is 6.09 Å². The van der Waals surface area contributed by atoms with E-state index in [1.54, 1.807) is 38.4 Å². The van der Waals surface area contributed by atoms with Crippen molar-refractivity contribution >= 4 is 41.9 Å². The monoisotopic (exact) mass is 549 g/mol. The van der Waals surface area contributed by atoms with Crippen LogP contribution in [0.25, 0.3) is 0 Å². The van der Waals surface area contributed by atoms with E-state index in [-0.39, 0.29) is 29.9 Å². The lowest BCUT2D eigenvalue weighted by molar-refractivity contribution is 0.0473. The smallest absolute Gasteiger partial charge is 0.408 e. The lowest BCUT2D eigenvalue weighted by Crippen LogP contribution is -2.54. The summed E-state index contributed by atoms with van der Waals surface area (Å²) in [4.78, 5) is 28.3. The predicted molar refractivity (Wildman–Crippen MR) is 134 cm³/mol. The molecule has 2 amide bonds. The van der Waals surface area contributed by atoms with Crippen LogP contribution in [0.3, 0.4) is 0 Å². The van der Waals surface area contributed by atoms with Crippen molar-refractivity contribution in [2.45, 2.75) is 45.8 Å². The van der Waals surface area contributed by atoms with Crippen LogP contribution in [0, 0.1) is 0 Å². The van der Waals surface area contributed by atoms with Crippen LogP contribution in [0.2, 0.25) is 0 Å². The van der Waals surface area contributed by atoms with Gasteiger partial charge in [-0.1, -0.05) is 6.07 Å². The number of carbonyl (C=O) groups is 2. The van der Waals surface area contributed by atoms with Crippen LogP contribution in [0.4, 0.5) is 4.79 Å². The SMILES string of the molecule is CN=C(NCCNC(=O)c1cccc(OC)c1)NCC(C)(C)NC(=O)OC(C)(C)C.I. The average Bonchev–Trinajstić information content (AvgIpc) is 2.65. The molecule has 0 saturated heterocycles. The standard InChI is InChI=1S/C21H35N5O4.HI/c1-20(2,3)30-19(28)26-21(4,5)14-25-18(22-6)24-12-11-23-17(27)15-9-8-10-16(13-15)29-7;/h8-10,13H,11-12,14H2,1-7H3,(H,23,27)(H,26,28)(H2,22,24,25);1H. The van der Waals surface area contributed by atoms with Gasteiger partial charge in [-0.15, -0.1) is 24.0 Å². The van der Waals surface area contributed by atoms with Gasteiger partial charge in [-0.2, -0.15) is 0 Å². The molecule has 0 heterocycles. The number of alkyl carbamates (subject to hydrolysis) is 1. The molecule has 1 aromatic carbocycles. The lowest BCUT2D eigenvalue weighted by atomic mass is 10.1. The quantitative estimate of drug-likeness (QED) is 0.172. The molecule has 0 aromatic heterocycles. The number of ether oxygens (including phenoxy) is 2. The fourth-order valence-corrected chi connectivity index (χ4v) is 2.37. The fraction of sp³-hybridized carbons (Fsp3) is 0.571. The molecule has 0 unspecified atom stereocenters. The van der Waals surface area contributed by atoms with E-state index >= 15 is 0 Å². The van der Waals surface area contributed by atoms with Crippen molar-refractivity contribution in [1.82, 2.24) is 21.3 Å². The van der Waals surface area contributed by atoms with E-state index in [1.165, 1.54) is 0 Å². The molecule has 0 spiro atoms. The number of nitrogens with one attached hydrogen (secondary N) is 4. The summed E-state index contributed by atoms with van der Waals surface area (Å²) in [6.45, 7) is 10.5. The molecule has 0 aliphatic rings. The number of carbonyl (C=O) groups excluding carboxylic acids is 2. The molecule has 4 N–H and O–H groups in total. The van der Waals surface area contributed by atoms with Crippen LogP contribution in [0.5, 0.6) is 5.75 Å². The highest BCUT2D eigenvalue weighted by Gasteiger charge is 2.24. The zero-order valence-corrected chi connectivity index (χ0v) is 21.7. The molecule has 10 heteroatoms. The first-order valence-electron chi connectivity index (χ1n) is 9.84. The lowest BCUT2D eigenvalue weighted by Gasteiger charge is -2.29. The number of benzene rings is 1. The maximum Gasteiger partial charge on any atom is 0.408 e. The average molecular weight is 549 g/mol. The minimum atomic E-state index is -0.555. The Morgan fingerprint density at radius 2 is 1.68 bits per heavy atom. The third kappa shape index (κ3) is 12.3. The molecule has 0 fully saturated rings. The van der Waals surface area contributed by atoms with E-state index in [2.05, 4.69) is 26.3 Å². The van der Waals surface area contributed by atoms with Crippen molar-refractivity contribution in [3.8, 4) is 5.75 Å². The van der Waals surface area contributed by atoms with Crippen LogP contribution in [-0.2, 0) is 4.74 Å². The highest BCUT2D eigenvalue weighted by atomic mass is 127. The summed E-state index contributed by atoms with van der Waals surface area (Å²) in [6, 6.07) is 6.96. The molecule has 0 aliphatic heterocycles. The van der Waals surface area contributed by atoms with Crippen LogP contribution >= 0.6 is 24.0 Å². The van der Waals surface area contributed by atoms with E-state index in [0.29, 0.717) is 36.9 Å². The summed E-state index contributed by atoms with van der Waals surface area (Å²) in [5, 5.41) is 11.9. The maximum atomic E-state index is 12.2. The van der Waals surface area contributed by atoms with E-state index < -0.39 is 17.2 Å². The van der Waals surface area contributed by atoms with Gasteiger partial charge < -0.3 is 30.7 Å². The molecule has 0 radical (unpaired) electrons. The second-order valence-corrected chi connectivity index (χ2v) is 8.35. The highest BCUT2D eigenvalue weighted by molar-refractivity contribution is 14.0. The summed E-state index contributed by atoms with van der Waals surface area (Å²) >= 11 is 0. The first kappa shape index (κ1) is 28.8. The van der Waals surface area contributed by atoms with Gasteiger partial charge in [-0.3, -0.25) is 9.79 Å². The van der Waals surface area contributed by atoms with Crippen LogP contribution < -0.4 is 26.0 Å². The molecule has 0 atom stereocenters. The van der Waals surface area contributed by atoms with Crippen LogP contribution in [0.15, 0.2) is 29.3 Å². The molecule has 1 rings (SSSR count). The molecule has 0 saturated carbocycles. The summed E-state index contributed by atoms with van der Waals surface area (Å²) < 4.78 is 10.4. The van der Waals surface area contributed by atoms with Crippen molar-refractivity contribution < 1.29 is 19.1 Å². The zero-order valence-electron chi connectivity index (χ0n) is 19.4. The van der Waals surface area contributed by atoms with Gasteiger partial charge in [0.05, 0.1) is 12.6 Å². The van der Waals surface area contributed by atoms with Gasteiger partial charge in [-0.05, 0) is 52.8 Å². The molecule has 0 bridgehead atoms. The first-order chi connectivity index (χ1) is 14.0. The number of aliphatic imine (C=N–C) groups is 1. The van der Waals surface area contributed by atoms with Gasteiger partial charge in [0.15, 0.2) is 5.96 Å². The Bertz CT molecular complexity index is 748. The number of hydrogen-bond acceptors (Lipinski definition) is 5. The van der Waals surface area contributed by atoms with E-state index in [9.17, 15) is 9.59 Å². The topological polar surface area (TPSA) is 113 Å². The largest absolute Gasteiger partial charge is 0.497 e. The number of nitrogens with zero attached hydrogens (tertiary/aromatic N) is 1. The van der Waals surface area contributed by atoms with E-state index in [0.717, 1.165) is 0 Å². The Morgan fingerprint density at radius 3 is 2.26 bits per heavy atom. The van der Waals surface area contributed by atoms with E-state index in [1.807, 2.05) is 34.6 Å². The number of guanidine groups is 1. The van der Waals surface area contributed by atoms with Crippen LogP contribution in [0.1, 0.15) is 45.0 Å². The summed E-state index contributed by atoms with van der Waals surface area (Å²) in [7, 11) is 3.21. The van der Waals surface area contributed by atoms with Crippen molar-refractivity contribution in [3.05, 3.63) is 29.8 Å². The molecule has 31 heavy (non-hydrogen) atoms. The normalized spacial score (nSPS) is 11.6. The predicted octanol–water partition coefficient (Wildman–Crippen LogP) is 2.51. The van der Waals surface area contributed by atoms with Crippen molar-refractivity contribution in [2.24, 2.45) is 4.99 Å². The molecule has 0 aliphatic carbocycles. The first-order valence-corrected chi connectivity index (χ1v) is 9.84. The second kappa shape index (κ2) is 13.2. The van der Waals surface area contributed by atoms with Gasteiger partial charge in [0.1, 0.15) is 11.4 Å². The van der Waals surface area contributed by atoms with Gasteiger partial charge in [0, 0.05) is 32.2 Å². The Balaban J connectivity index is 0.00000900. The van der Waals surface area contributed by atoms with Crippen molar-refractivity contribution in [2.75, 3.05) is 33.8 Å². The van der Waals surface area contributed by atoms with Crippen molar-refractivity contribution in [1.29, 1.82) is 0 Å². The Morgan fingerprint density at radius 1 is 1.03 bits per heavy atom. The molecular weight excluding hydrogens is 513 g/mol. The number of hydrogen-bond donors (Lipinski definition) is 4. The number of methoxy groups -OCH3 is 1. The van der Waals surface area contributed by atoms with Gasteiger partial charge in [0.2, 0.25) is 0 Å². The van der Waals surface area contributed by atoms with Crippen molar-refractivity contribution in [3.63, 3.8) is 0 Å². The Labute approximate surface area is 202 Å². The molecule has 1 aromatic rings. The maximum absolute atomic E-state index is 12.2. The third-order valence-corrected chi connectivity index (χ3v) is 3.80. The van der Waals surface area contributed by atoms with Gasteiger partial charge in [-0.25, -0.2) is 4.79 Å². The van der Waals surface area contributed by atoms with Crippen LogP contribution in [-0.4, -0.2) is 62.9 Å². The number of halogens is 1. The summed E-state index contributed by atoms with van der Waals surface area (Å²) in [5.41, 5.74) is -0.576. The van der Waals surface area contributed by atoms with E-state index in [4.69, 9.17) is 9.47 Å². The highest BCUT2D eigenvalue weighted by Crippen LogP contribution is 2.12. The third-order valence-electron chi connectivity index (χ3n) is 3.80. The Hall–Kier alpha value is -2.24.